The van der Waals surface area contributed by atoms with Gasteiger partial charge in [-0.1, -0.05) is 12.1 Å². The van der Waals surface area contributed by atoms with Gasteiger partial charge in [0.2, 0.25) is 0 Å². The molecule has 0 saturated heterocycles. The van der Waals surface area contributed by atoms with Gasteiger partial charge in [0.05, 0.1) is 38.4 Å². The number of carbonyl (C=O) groups is 1. The first kappa shape index (κ1) is 21.0. The van der Waals surface area contributed by atoms with Crippen molar-refractivity contribution < 1.29 is 28.7 Å². The first-order chi connectivity index (χ1) is 13.4. The van der Waals surface area contributed by atoms with Gasteiger partial charge in [-0.05, 0) is 17.7 Å². The highest BCUT2D eigenvalue weighted by Crippen LogP contribution is 2.34. The maximum Gasteiger partial charge on any atom is 0.286 e. The van der Waals surface area contributed by atoms with Gasteiger partial charge in [0.15, 0.2) is 11.5 Å². The van der Waals surface area contributed by atoms with E-state index in [0.29, 0.717) is 5.75 Å². The lowest BCUT2D eigenvalue weighted by Crippen LogP contribution is -2.29. The Morgan fingerprint density at radius 1 is 1.07 bits per heavy atom. The highest BCUT2D eigenvalue weighted by atomic mass is 16.6. The van der Waals surface area contributed by atoms with Crippen LogP contribution < -0.4 is 19.5 Å². The molecule has 0 radical (unpaired) electrons. The SMILES string of the molecule is COc1cccc(C(CNC(=O)c2cc(OC)c(OC)cc2[N+](=O)[O-])OC)c1. The summed E-state index contributed by atoms with van der Waals surface area (Å²) in [5.41, 5.74) is 0.276. The molecule has 0 saturated carbocycles. The number of ether oxygens (including phenoxy) is 4. The molecule has 2 aromatic rings. The zero-order valence-electron chi connectivity index (χ0n) is 16.1. The van der Waals surface area contributed by atoms with Crippen molar-refractivity contribution >= 4 is 11.6 Å². The van der Waals surface area contributed by atoms with Crippen LogP contribution in [-0.4, -0.2) is 45.8 Å². The van der Waals surface area contributed by atoms with Gasteiger partial charge in [-0.3, -0.25) is 14.9 Å². The summed E-state index contributed by atoms with van der Waals surface area (Å²) in [5, 5.41) is 14.0. The van der Waals surface area contributed by atoms with Crippen LogP contribution in [0.5, 0.6) is 17.2 Å². The second kappa shape index (κ2) is 9.56. The fourth-order valence-corrected chi connectivity index (χ4v) is 2.66. The Labute approximate surface area is 162 Å². The van der Waals surface area contributed by atoms with E-state index >= 15 is 0 Å². The van der Waals surface area contributed by atoms with Crippen LogP contribution in [0.4, 0.5) is 5.69 Å². The minimum Gasteiger partial charge on any atom is -0.497 e. The van der Waals surface area contributed by atoms with Crippen molar-refractivity contribution in [1.82, 2.24) is 5.32 Å². The van der Waals surface area contributed by atoms with Crippen LogP contribution in [0.3, 0.4) is 0 Å². The molecule has 1 amide bonds. The Morgan fingerprint density at radius 3 is 2.32 bits per heavy atom. The Balaban J connectivity index is 2.24. The molecule has 1 atom stereocenters. The van der Waals surface area contributed by atoms with E-state index in [-0.39, 0.29) is 29.3 Å². The minimum absolute atomic E-state index is 0.105. The molecule has 0 aliphatic heterocycles. The number of nitro groups is 1. The molecular formula is C19H22N2O7. The van der Waals surface area contributed by atoms with Crippen molar-refractivity contribution in [2.45, 2.75) is 6.10 Å². The van der Waals surface area contributed by atoms with Gasteiger partial charge in [-0.25, -0.2) is 0 Å². The van der Waals surface area contributed by atoms with Gasteiger partial charge in [0.25, 0.3) is 11.6 Å². The highest BCUT2D eigenvalue weighted by molar-refractivity contribution is 5.99. The fourth-order valence-electron chi connectivity index (χ4n) is 2.66. The Kier molecular flexibility index (Phi) is 7.16. The van der Waals surface area contributed by atoms with E-state index in [1.54, 1.807) is 25.3 Å². The monoisotopic (exact) mass is 390 g/mol. The third kappa shape index (κ3) is 4.68. The third-order valence-corrected chi connectivity index (χ3v) is 4.14. The molecule has 0 aromatic heterocycles. The third-order valence-electron chi connectivity index (χ3n) is 4.14. The standard InChI is InChI=1S/C19H22N2O7/c1-25-13-7-5-6-12(8-13)18(28-4)11-20-19(22)14-9-16(26-2)17(27-3)10-15(14)21(23)24/h5-10,18H,11H2,1-4H3,(H,20,22). The molecule has 150 valence electrons. The number of nitro benzene ring substituents is 1. The predicted molar refractivity (Wildman–Crippen MR) is 101 cm³/mol. The maximum absolute atomic E-state index is 12.6. The quantitative estimate of drug-likeness (QED) is 0.518. The minimum atomic E-state index is -0.646. The van der Waals surface area contributed by atoms with Gasteiger partial charge >= 0.3 is 0 Å². The number of nitrogens with one attached hydrogen (secondary N) is 1. The second-order valence-corrected chi connectivity index (χ2v) is 5.69. The van der Waals surface area contributed by atoms with Gasteiger partial charge in [-0.15, -0.1) is 0 Å². The lowest BCUT2D eigenvalue weighted by atomic mass is 10.1. The predicted octanol–water partition coefficient (Wildman–Crippen LogP) is 2.74. The van der Waals surface area contributed by atoms with E-state index in [0.717, 1.165) is 11.6 Å². The van der Waals surface area contributed by atoms with Crippen LogP contribution in [0.2, 0.25) is 0 Å². The van der Waals surface area contributed by atoms with Crippen LogP contribution in [-0.2, 0) is 4.74 Å². The summed E-state index contributed by atoms with van der Waals surface area (Å²) < 4.78 is 20.8. The lowest BCUT2D eigenvalue weighted by molar-refractivity contribution is -0.385. The Hall–Kier alpha value is -3.33. The summed E-state index contributed by atoms with van der Waals surface area (Å²) in [6.45, 7) is 0.105. The molecule has 28 heavy (non-hydrogen) atoms. The summed E-state index contributed by atoms with van der Waals surface area (Å²) in [6, 6.07) is 9.66. The zero-order valence-corrected chi connectivity index (χ0v) is 16.1. The van der Waals surface area contributed by atoms with Crippen molar-refractivity contribution in [3.05, 3.63) is 57.6 Å². The first-order valence-electron chi connectivity index (χ1n) is 8.30. The number of carbonyl (C=O) groups excluding carboxylic acids is 1. The number of hydrogen-bond donors (Lipinski definition) is 1. The summed E-state index contributed by atoms with van der Waals surface area (Å²) in [5.74, 6) is 0.408. The molecule has 1 N–H and O–H groups in total. The van der Waals surface area contributed by atoms with E-state index in [2.05, 4.69) is 5.32 Å². The van der Waals surface area contributed by atoms with E-state index < -0.39 is 16.9 Å². The smallest absolute Gasteiger partial charge is 0.286 e. The molecule has 9 nitrogen and oxygen atoms in total. The van der Waals surface area contributed by atoms with Gasteiger partial charge in [-0.2, -0.15) is 0 Å². The van der Waals surface area contributed by atoms with E-state index in [4.69, 9.17) is 18.9 Å². The summed E-state index contributed by atoms with van der Waals surface area (Å²) >= 11 is 0. The number of benzene rings is 2. The number of methoxy groups -OCH3 is 4. The Bertz CT molecular complexity index is 854. The number of rotatable bonds is 9. The number of amides is 1. The molecule has 0 spiro atoms. The van der Waals surface area contributed by atoms with E-state index in [9.17, 15) is 14.9 Å². The molecule has 1 unspecified atom stereocenters. The average Bonchev–Trinajstić information content (AvgIpc) is 2.72. The van der Waals surface area contributed by atoms with Crippen LogP contribution >= 0.6 is 0 Å². The summed E-state index contributed by atoms with van der Waals surface area (Å²) in [4.78, 5) is 23.3. The largest absolute Gasteiger partial charge is 0.497 e. The molecule has 0 heterocycles. The van der Waals surface area contributed by atoms with Crippen LogP contribution in [0.15, 0.2) is 36.4 Å². The molecular weight excluding hydrogens is 368 g/mol. The molecule has 0 fully saturated rings. The van der Waals surface area contributed by atoms with Gasteiger partial charge in [0.1, 0.15) is 11.3 Å². The van der Waals surface area contributed by atoms with Crippen LogP contribution in [0, 0.1) is 10.1 Å². The average molecular weight is 390 g/mol. The van der Waals surface area contributed by atoms with Crippen molar-refractivity contribution in [3.8, 4) is 17.2 Å². The van der Waals surface area contributed by atoms with Crippen molar-refractivity contribution in [2.75, 3.05) is 35.0 Å². The van der Waals surface area contributed by atoms with Gasteiger partial charge < -0.3 is 24.3 Å². The summed E-state index contributed by atoms with van der Waals surface area (Å²) in [7, 11) is 5.81. The summed E-state index contributed by atoms with van der Waals surface area (Å²) in [6.07, 6.45) is -0.460. The second-order valence-electron chi connectivity index (χ2n) is 5.69. The molecule has 0 aliphatic rings. The van der Waals surface area contributed by atoms with Crippen LogP contribution in [0.1, 0.15) is 22.0 Å². The van der Waals surface area contributed by atoms with Crippen molar-refractivity contribution in [1.29, 1.82) is 0 Å². The van der Waals surface area contributed by atoms with Crippen molar-refractivity contribution in [3.63, 3.8) is 0 Å². The van der Waals surface area contributed by atoms with Gasteiger partial charge in [0, 0.05) is 19.7 Å². The van der Waals surface area contributed by atoms with E-state index in [1.807, 2.05) is 6.07 Å². The maximum atomic E-state index is 12.6. The molecule has 0 aliphatic carbocycles. The Morgan fingerprint density at radius 2 is 1.75 bits per heavy atom. The number of hydrogen-bond acceptors (Lipinski definition) is 7. The van der Waals surface area contributed by atoms with E-state index in [1.165, 1.54) is 27.4 Å². The topological polar surface area (TPSA) is 109 Å². The lowest BCUT2D eigenvalue weighted by Gasteiger charge is -2.17. The molecule has 2 aromatic carbocycles. The molecule has 2 rings (SSSR count). The number of nitrogens with zero attached hydrogens (tertiary/aromatic N) is 1. The zero-order chi connectivity index (χ0) is 20.7. The van der Waals surface area contributed by atoms with Crippen molar-refractivity contribution in [2.24, 2.45) is 0 Å². The fraction of sp³-hybridized carbons (Fsp3) is 0.316. The van der Waals surface area contributed by atoms with Crippen LogP contribution in [0.25, 0.3) is 0 Å². The molecule has 0 bridgehead atoms. The highest BCUT2D eigenvalue weighted by Gasteiger charge is 2.25. The normalized spacial score (nSPS) is 11.4. The first-order valence-corrected chi connectivity index (χ1v) is 8.30. The molecule has 9 heteroatoms.